The van der Waals surface area contributed by atoms with Crippen molar-refractivity contribution in [3.63, 3.8) is 0 Å². The summed E-state index contributed by atoms with van der Waals surface area (Å²) in [5, 5.41) is 0. The van der Waals surface area contributed by atoms with Gasteiger partial charge in [-0.15, -0.1) is 0 Å². The highest BCUT2D eigenvalue weighted by Crippen LogP contribution is 2.36. The highest BCUT2D eigenvalue weighted by Gasteiger charge is 2.12. The molecule has 4 aromatic carbocycles. The molecule has 0 aliphatic heterocycles. The molecule has 0 N–H and O–H groups in total. The lowest BCUT2D eigenvalue weighted by molar-refractivity contribution is 1.36. The summed E-state index contributed by atoms with van der Waals surface area (Å²) in [7, 11) is 0. The molecule has 0 unspecified atom stereocenters. The van der Waals surface area contributed by atoms with Crippen LogP contribution in [0.25, 0.3) is 33.4 Å². The quantitative estimate of drug-likeness (QED) is 0.347. The predicted octanol–water partition coefficient (Wildman–Crippen LogP) is 7.92. The van der Waals surface area contributed by atoms with E-state index in [-0.39, 0.29) is 0 Å². The molecule has 0 spiro atoms. The second-order valence-electron chi connectivity index (χ2n) is 7.69. The second kappa shape index (κ2) is 7.48. The maximum Gasteiger partial charge on any atom is -0.0146 e. The SMILES string of the molecule is Cc1ccc(-c2cccc(-c3ccc(-c4ccccc4)cc3C)c2C)c(C)c1. The van der Waals surface area contributed by atoms with Crippen molar-refractivity contribution in [1.29, 1.82) is 0 Å². The molecule has 0 atom stereocenters. The van der Waals surface area contributed by atoms with Crippen LogP contribution in [0, 0.1) is 27.7 Å². The second-order valence-corrected chi connectivity index (χ2v) is 7.69. The van der Waals surface area contributed by atoms with Crippen LogP contribution < -0.4 is 0 Å². The Morgan fingerprint density at radius 2 is 1.04 bits per heavy atom. The summed E-state index contributed by atoms with van der Waals surface area (Å²) in [6, 6.07) is 30.8. The van der Waals surface area contributed by atoms with E-state index < -0.39 is 0 Å². The summed E-state index contributed by atoms with van der Waals surface area (Å²) < 4.78 is 0. The third-order valence-corrected chi connectivity index (χ3v) is 5.63. The molecule has 0 saturated heterocycles. The van der Waals surface area contributed by atoms with Gasteiger partial charge in [0.25, 0.3) is 0 Å². The first-order valence-corrected chi connectivity index (χ1v) is 9.88. The first kappa shape index (κ1) is 18.3. The number of hydrogen-bond acceptors (Lipinski definition) is 0. The molecular weight excluding hydrogens is 336 g/mol. The number of aryl methyl sites for hydroxylation is 3. The molecule has 0 radical (unpaired) electrons. The molecule has 0 aliphatic rings. The van der Waals surface area contributed by atoms with Gasteiger partial charge in [0.1, 0.15) is 0 Å². The first-order valence-electron chi connectivity index (χ1n) is 9.88. The summed E-state index contributed by atoms with van der Waals surface area (Å²) in [5.74, 6) is 0. The molecule has 0 saturated carbocycles. The van der Waals surface area contributed by atoms with Crippen molar-refractivity contribution in [2.45, 2.75) is 27.7 Å². The van der Waals surface area contributed by atoms with Crippen molar-refractivity contribution in [2.24, 2.45) is 0 Å². The monoisotopic (exact) mass is 362 g/mol. The van der Waals surface area contributed by atoms with E-state index in [2.05, 4.69) is 113 Å². The maximum atomic E-state index is 2.30. The average Bonchev–Trinajstić information content (AvgIpc) is 2.70. The highest BCUT2D eigenvalue weighted by molar-refractivity contribution is 5.82. The number of benzene rings is 4. The lowest BCUT2D eigenvalue weighted by Gasteiger charge is -2.16. The minimum Gasteiger partial charge on any atom is -0.0622 e. The molecule has 0 amide bonds. The van der Waals surface area contributed by atoms with E-state index in [1.165, 1.54) is 55.6 Å². The van der Waals surface area contributed by atoms with Gasteiger partial charge in [-0.2, -0.15) is 0 Å². The Labute approximate surface area is 168 Å². The average molecular weight is 363 g/mol. The molecule has 0 bridgehead atoms. The van der Waals surface area contributed by atoms with Crippen LogP contribution in [0.15, 0.2) is 84.9 Å². The summed E-state index contributed by atoms with van der Waals surface area (Å²) in [5.41, 5.74) is 13.1. The summed E-state index contributed by atoms with van der Waals surface area (Å²) in [6.45, 7) is 8.81. The van der Waals surface area contributed by atoms with E-state index >= 15 is 0 Å². The molecule has 4 rings (SSSR count). The van der Waals surface area contributed by atoms with Crippen molar-refractivity contribution in [1.82, 2.24) is 0 Å². The van der Waals surface area contributed by atoms with E-state index in [1.807, 2.05) is 0 Å². The van der Waals surface area contributed by atoms with Crippen molar-refractivity contribution in [3.05, 3.63) is 107 Å². The minimum atomic E-state index is 1.26. The maximum absolute atomic E-state index is 2.30. The Morgan fingerprint density at radius 3 is 1.64 bits per heavy atom. The standard InChI is InChI=1S/C28H26/c1-19-13-15-25(20(2)17-19)27-11-8-12-28(22(27)4)26-16-14-24(18-21(26)3)23-9-6-5-7-10-23/h5-18H,1-4H3. The van der Waals surface area contributed by atoms with Crippen LogP contribution in [0.3, 0.4) is 0 Å². The third kappa shape index (κ3) is 3.39. The van der Waals surface area contributed by atoms with E-state index in [0.29, 0.717) is 0 Å². The van der Waals surface area contributed by atoms with Gasteiger partial charge < -0.3 is 0 Å². The van der Waals surface area contributed by atoms with Crippen LogP contribution >= 0.6 is 0 Å². The van der Waals surface area contributed by atoms with Crippen LogP contribution in [-0.2, 0) is 0 Å². The summed E-state index contributed by atoms with van der Waals surface area (Å²) in [6.07, 6.45) is 0. The Morgan fingerprint density at radius 1 is 0.429 bits per heavy atom. The normalized spacial score (nSPS) is 10.9. The Hall–Kier alpha value is -3.12. The molecular formula is C28H26. The molecule has 0 nitrogen and oxygen atoms in total. The lowest BCUT2D eigenvalue weighted by atomic mass is 9.88. The van der Waals surface area contributed by atoms with Crippen molar-refractivity contribution in [3.8, 4) is 33.4 Å². The smallest absolute Gasteiger partial charge is 0.0146 e. The van der Waals surface area contributed by atoms with Crippen LogP contribution in [0.1, 0.15) is 22.3 Å². The van der Waals surface area contributed by atoms with Gasteiger partial charge in [-0.1, -0.05) is 90.5 Å². The van der Waals surface area contributed by atoms with E-state index in [1.54, 1.807) is 0 Å². The van der Waals surface area contributed by atoms with Gasteiger partial charge in [-0.05, 0) is 77.8 Å². The molecule has 0 aliphatic carbocycles. The van der Waals surface area contributed by atoms with E-state index in [4.69, 9.17) is 0 Å². The molecule has 4 aromatic rings. The van der Waals surface area contributed by atoms with Gasteiger partial charge >= 0.3 is 0 Å². The molecule has 138 valence electrons. The molecule has 0 aromatic heterocycles. The fourth-order valence-electron chi connectivity index (χ4n) is 4.11. The Balaban J connectivity index is 1.80. The fourth-order valence-corrected chi connectivity index (χ4v) is 4.11. The van der Waals surface area contributed by atoms with Crippen LogP contribution in [0.4, 0.5) is 0 Å². The Bertz CT molecular complexity index is 1130. The minimum absolute atomic E-state index is 1.26. The molecule has 0 fully saturated rings. The largest absolute Gasteiger partial charge is 0.0622 e. The van der Waals surface area contributed by atoms with Gasteiger partial charge in [0.05, 0.1) is 0 Å². The zero-order valence-corrected chi connectivity index (χ0v) is 17.1. The van der Waals surface area contributed by atoms with Gasteiger partial charge in [-0.3, -0.25) is 0 Å². The van der Waals surface area contributed by atoms with Crippen LogP contribution in [-0.4, -0.2) is 0 Å². The van der Waals surface area contributed by atoms with Crippen molar-refractivity contribution < 1.29 is 0 Å². The van der Waals surface area contributed by atoms with Gasteiger partial charge in [0, 0.05) is 0 Å². The van der Waals surface area contributed by atoms with Crippen molar-refractivity contribution in [2.75, 3.05) is 0 Å². The number of hydrogen-bond donors (Lipinski definition) is 0. The van der Waals surface area contributed by atoms with Crippen molar-refractivity contribution >= 4 is 0 Å². The van der Waals surface area contributed by atoms with E-state index in [0.717, 1.165) is 0 Å². The molecule has 28 heavy (non-hydrogen) atoms. The van der Waals surface area contributed by atoms with Gasteiger partial charge in [-0.25, -0.2) is 0 Å². The fraction of sp³-hybridized carbons (Fsp3) is 0.143. The van der Waals surface area contributed by atoms with Crippen LogP contribution in [0.2, 0.25) is 0 Å². The molecule has 0 heteroatoms. The topological polar surface area (TPSA) is 0 Å². The highest BCUT2D eigenvalue weighted by atomic mass is 14.2. The zero-order chi connectivity index (χ0) is 19.7. The lowest BCUT2D eigenvalue weighted by Crippen LogP contribution is -1.93. The summed E-state index contributed by atoms with van der Waals surface area (Å²) in [4.78, 5) is 0. The van der Waals surface area contributed by atoms with Gasteiger partial charge in [0.15, 0.2) is 0 Å². The first-order chi connectivity index (χ1) is 13.5. The Kier molecular flexibility index (Phi) is 4.88. The van der Waals surface area contributed by atoms with E-state index in [9.17, 15) is 0 Å². The third-order valence-electron chi connectivity index (χ3n) is 5.63. The predicted molar refractivity (Wildman–Crippen MR) is 122 cm³/mol. The zero-order valence-electron chi connectivity index (χ0n) is 17.1. The number of rotatable bonds is 3. The molecule has 0 heterocycles. The van der Waals surface area contributed by atoms with Crippen LogP contribution in [0.5, 0.6) is 0 Å². The summed E-state index contributed by atoms with van der Waals surface area (Å²) >= 11 is 0. The van der Waals surface area contributed by atoms with Gasteiger partial charge in [0.2, 0.25) is 0 Å².